The topological polar surface area (TPSA) is 61.6 Å². The average Bonchev–Trinajstić information content (AvgIpc) is 3.16. The SMILES string of the molecule is CCSc1nnc(-c2cc(OC)c(OC)c(OC)c2)n1-c1ccc(N(C)C)cc1. The first kappa shape index (κ1) is 20.9. The van der Waals surface area contributed by atoms with Gasteiger partial charge in [-0.3, -0.25) is 4.57 Å². The van der Waals surface area contributed by atoms with E-state index in [2.05, 4.69) is 46.3 Å². The zero-order chi connectivity index (χ0) is 21.0. The van der Waals surface area contributed by atoms with Crippen LogP contribution in [0.5, 0.6) is 17.2 Å². The Hall–Kier alpha value is -2.87. The maximum Gasteiger partial charge on any atom is 0.203 e. The Kier molecular flexibility index (Phi) is 6.53. The molecule has 0 radical (unpaired) electrons. The molecule has 0 aliphatic carbocycles. The number of hydrogen-bond donors (Lipinski definition) is 0. The molecule has 0 saturated heterocycles. The third-order valence-corrected chi connectivity index (χ3v) is 5.27. The maximum absolute atomic E-state index is 5.51. The summed E-state index contributed by atoms with van der Waals surface area (Å²) >= 11 is 1.64. The molecular weight excluding hydrogens is 388 g/mol. The van der Waals surface area contributed by atoms with Crippen molar-refractivity contribution in [1.82, 2.24) is 14.8 Å². The number of benzene rings is 2. The van der Waals surface area contributed by atoms with Crippen molar-refractivity contribution in [1.29, 1.82) is 0 Å². The number of nitrogens with zero attached hydrogens (tertiary/aromatic N) is 4. The minimum Gasteiger partial charge on any atom is -0.493 e. The lowest BCUT2D eigenvalue weighted by Gasteiger charge is -2.16. The number of aromatic nitrogens is 3. The second-order valence-electron chi connectivity index (χ2n) is 6.40. The van der Waals surface area contributed by atoms with E-state index >= 15 is 0 Å². The van der Waals surface area contributed by atoms with Crippen LogP contribution < -0.4 is 19.1 Å². The summed E-state index contributed by atoms with van der Waals surface area (Å²) in [6, 6.07) is 12.1. The first-order valence-corrected chi connectivity index (χ1v) is 10.2. The van der Waals surface area contributed by atoms with Crippen molar-refractivity contribution >= 4 is 17.4 Å². The highest BCUT2D eigenvalue weighted by atomic mass is 32.2. The number of ether oxygens (including phenoxy) is 3. The fourth-order valence-corrected chi connectivity index (χ4v) is 3.70. The smallest absolute Gasteiger partial charge is 0.203 e. The zero-order valence-electron chi connectivity index (χ0n) is 17.6. The fraction of sp³-hybridized carbons (Fsp3) is 0.333. The largest absolute Gasteiger partial charge is 0.493 e. The van der Waals surface area contributed by atoms with Gasteiger partial charge in [0.15, 0.2) is 22.5 Å². The van der Waals surface area contributed by atoms with Crippen molar-refractivity contribution in [3.63, 3.8) is 0 Å². The number of anilines is 1. The molecule has 7 nitrogen and oxygen atoms in total. The van der Waals surface area contributed by atoms with E-state index < -0.39 is 0 Å². The quantitative estimate of drug-likeness (QED) is 0.513. The van der Waals surface area contributed by atoms with Crippen LogP contribution in [0, 0.1) is 0 Å². The Morgan fingerprint density at radius 1 is 0.931 bits per heavy atom. The molecule has 0 spiro atoms. The van der Waals surface area contributed by atoms with Crippen LogP contribution in [0.2, 0.25) is 0 Å². The molecule has 1 heterocycles. The van der Waals surface area contributed by atoms with E-state index in [0.717, 1.165) is 27.8 Å². The van der Waals surface area contributed by atoms with Gasteiger partial charge in [0, 0.05) is 31.0 Å². The summed E-state index contributed by atoms with van der Waals surface area (Å²) in [5, 5.41) is 9.73. The van der Waals surface area contributed by atoms with Gasteiger partial charge in [-0.25, -0.2) is 0 Å². The predicted molar refractivity (Wildman–Crippen MR) is 117 cm³/mol. The Bertz CT molecular complexity index is 946. The van der Waals surface area contributed by atoms with Gasteiger partial charge >= 0.3 is 0 Å². The summed E-state index contributed by atoms with van der Waals surface area (Å²) in [5.41, 5.74) is 2.94. The van der Waals surface area contributed by atoms with Gasteiger partial charge in [-0.15, -0.1) is 10.2 Å². The molecule has 0 atom stereocenters. The van der Waals surface area contributed by atoms with E-state index in [0.29, 0.717) is 23.1 Å². The van der Waals surface area contributed by atoms with Crippen molar-refractivity contribution in [3.05, 3.63) is 36.4 Å². The third kappa shape index (κ3) is 4.12. The van der Waals surface area contributed by atoms with Crippen molar-refractivity contribution in [2.24, 2.45) is 0 Å². The van der Waals surface area contributed by atoms with Gasteiger partial charge in [0.1, 0.15) is 0 Å². The molecule has 0 saturated carbocycles. The van der Waals surface area contributed by atoms with Crippen molar-refractivity contribution in [3.8, 4) is 34.3 Å². The molecule has 1 aromatic heterocycles. The molecule has 0 bridgehead atoms. The summed E-state index contributed by atoms with van der Waals surface area (Å²) < 4.78 is 18.5. The highest BCUT2D eigenvalue weighted by Gasteiger charge is 2.20. The minimum absolute atomic E-state index is 0.545. The van der Waals surface area contributed by atoms with Gasteiger partial charge in [-0.2, -0.15) is 0 Å². The van der Waals surface area contributed by atoms with Crippen LogP contribution >= 0.6 is 11.8 Å². The monoisotopic (exact) mass is 414 g/mol. The van der Waals surface area contributed by atoms with Crippen molar-refractivity contribution < 1.29 is 14.2 Å². The molecule has 3 rings (SSSR count). The molecule has 154 valence electrons. The van der Waals surface area contributed by atoms with E-state index in [-0.39, 0.29) is 0 Å². The molecule has 0 unspecified atom stereocenters. The average molecular weight is 415 g/mol. The summed E-state index contributed by atoms with van der Waals surface area (Å²) in [6.45, 7) is 2.10. The lowest BCUT2D eigenvalue weighted by atomic mass is 10.1. The summed E-state index contributed by atoms with van der Waals surface area (Å²) in [6.07, 6.45) is 0. The normalized spacial score (nSPS) is 10.7. The molecule has 0 fully saturated rings. The molecule has 0 N–H and O–H groups in total. The summed E-state index contributed by atoms with van der Waals surface area (Å²) in [7, 11) is 8.83. The molecule has 2 aromatic carbocycles. The Morgan fingerprint density at radius 2 is 1.55 bits per heavy atom. The standard InChI is InChI=1S/C21H26N4O3S/c1-7-29-21-23-22-20(25(21)16-10-8-15(9-11-16)24(2)3)14-12-17(26-4)19(28-6)18(13-14)27-5/h8-13H,7H2,1-6H3. The fourth-order valence-electron chi connectivity index (χ4n) is 3.02. The molecular formula is C21H26N4O3S. The lowest BCUT2D eigenvalue weighted by molar-refractivity contribution is 0.324. The highest BCUT2D eigenvalue weighted by molar-refractivity contribution is 7.99. The first-order chi connectivity index (χ1) is 14.0. The van der Waals surface area contributed by atoms with Gasteiger partial charge in [0.25, 0.3) is 0 Å². The second kappa shape index (κ2) is 9.09. The van der Waals surface area contributed by atoms with Gasteiger partial charge in [0.2, 0.25) is 5.75 Å². The van der Waals surface area contributed by atoms with Gasteiger partial charge in [-0.05, 0) is 42.2 Å². The van der Waals surface area contributed by atoms with Crippen LogP contribution in [0.1, 0.15) is 6.92 Å². The molecule has 3 aromatic rings. The van der Waals surface area contributed by atoms with Gasteiger partial charge in [-0.1, -0.05) is 18.7 Å². The molecule has 0 amide bonds. The van der Waals surface area contributed by atoms with Crippen LogP contribution in [0.4, 0.5) is 5.69 Å². The van der Waals surface area contributed by atoms with Gasteiger partial charge in [0.05, 0.1) is 21.3 Å². The summed E-state index contributed by atoms with van der Waals surface area (Å²) in [4.78, 5) is 2.07. The Morgan fingerprint density at radius 3 is 2.03 bits per heavy atom. The van der Waals surface area contributed by atoms with E-state index in [9.17, 15) is 0 Å². The van der Waals surface area contributed by atoms with Crippen molar-refractivity contribution in [2.45, 2.75) is 12.1 Å². The lowest BCUT2D eigenvalue weighted by Crippen LogP contribution is -2.08. The number of methoxy groups -OCH3 is 3. The number of hydrogen-bond acceptors (Lipinski definition) is 7. The maximum atomic E-state index is 5.51. The highest BCUT2D eigenvalue weighted by Crippen LogP contribution is 2.41. The molecule has 0 aliphatic heterocycles. The van der Waals surface area contributed by atoms with Crippen LogP contribution in [-0.2, 0) is 0 Å². The Labute approximate surface area is 175 Å². The molecule has 8 heteroatoms. The molecule has 29 heavy (non-hydrogen) atoms. The van der Waals surface area contributed by atoms with Crippen LogP contribution in [-0.4, -0.2) is 55.9 Å². The van der Waals surface area contributed by atoms with Crippen LogP contribution in [0.15, 0.2) is 41.6 Å². The molecule has 0 aliphatic rings. The van der Waals surface area contributed by atoms with Gasteiger partial charge < -0.3 is 19.1 Å². The van der Waals surface area contributed by atoms with Crippen LogP contribution in [0.3, 0.4) is 0 Å². The second-order valence-corrected chi connectivity index (χ2v) is 7.63. The Balaban J connectivity index is 2.18. The van der Waals surface area contributed by atoms with E-state index in [1.807, 2.05) is 30.8 Å². The van der Waals surface area contributed by atoms with E-state index in [1.54, 1.807) is 33.1 Å². The van der Waals surface area contributed by atoms with E-state index in [1.165, 1.54) is 0 Å². The summed E-state index contributed by atoms with van der Waals surface area (Å²) in [5.74, 6) is 3.29. The number of thioether (sulfide) groups is 1. The first-order valence-electron chi connectivity index (χ1n) is 9.20. The van der Waals surface area contributed by atoms with Crippen LogP contribution in [0.25, 0.3) is 17.1 Å². The third-order valence-electron chi connectivity index (χ3n) is 4.45. The van der Waals surface area contributed by atoms with Crippen molar-refractivity contribution in [2.75, 3.05) is 46.1 Å². The number of rotatable bonds is 8. The van der Waals surface area contributed by atoms with E-state index in [4.69, 9.17) is 14.2 Å². The predicted octanol–water partition coefficient (Wildman–Crippen LogP) is 4.14. The zero-order valence-corrected chi connectivity index (χ0v) is 18.4. The minimum atomic E-state index is 0.545.